The van der Waals surface area contributed by atoms with Gasteiger partial charge in [-0.15, -0.1) is 0 Å². The average Bonchev–Trinajstić information content (AvgIpc) is 3.40. The molecule has 7 nitrogen and oxygen atoms in total. The Morgan fingerprint density at radius 2 is 2.17 bits per heavy atom. The molecule has 152 valence electrons. The quantitative estimate of drug-likeness (QED) is 0.570. The number of carbonyl (C=O) groups is 1. The van der Waals surface area contributed by atoms with E-state index < -0.39 is 17.7 Å². The van der Waals surface area contributed by atoms with Gasteiger partial charge in [0.1, 0.15) is 6.17 Å². The van der Waals surface area contributed by atoms with Crippen LogP contribution in [0.15, 0.2) is 43.0 Å². The number of rotatable bonds is 7. The third-order valence-electron chi connectivity index (χ3n) is 5.01. The van der Waals surface area contributed by atoms with Crippen LogP contribution in [0.1, 0.15) is 37.0 Å². The third-order valence-corrected chi connectivity index (χ3v) is 5.01. The fourth-order valence-corrected chi connectivity index (χ4v) is 3.03. The molecule has 1 fully saturated rings. The lowest BCUT2D eigenvalue weighted by atomic mass is 10.0. The van der Waals surface area contributed by atoms with Gasteiger partial charge in [-0.25, -0.2) is 8.91 Å². The van der Waals surface area contributed by atoms with Crippen LogP contribution in [0.5, 0.6) is 0 Å². The molecule has 3 aromatic rings. The Hall–Kier alpha value is -3.00. The van der Waals surface area contributed by atoms with Crippen molar-refractivity contribution in [2.75, 3.05) is 11.9 Å². The minimum atomic E-state index is -1.58. The third kappa shape index (κ3) is 4.22. The molecule has 3 aromatic heterocycles. The summed E-state index contributed by atoms with van der Waals surface area (Å²) in [7, 11) is 0. The maximum Gasteiger partial charge on any atom is 0.255 e. The summed E-state index contributed by atoms with van der Waals surface area (Å²) in [6.07, 6.45) is 7.36. The molecule has 1 atom stereocenters. The van der Waals surface area contributed by atoms with Crippen LogP contribution in [0.2, 0.25) is 0 Å². The van der Waals surface area contributed by atoms with Crippen molar-refractivity contribution in [1.82, 2.24) is 19.9 Å². The Morgan fingerprint density at radius 1 is 1.38 bits per heavy atom. The monoisotopic (exact) mass is 397 g/mol. The highest BCUT2D eigenvalue weighted by Gasteiger charge is 2.29. The molecule has 0 saturated heterocycles. The summed E-state index contributed by atoms with van der Waals surface area (Å²) in [5, 5.41) is 20.1. The van der Waals surface area contributed by atoms with E-state index in [-0.39, 0.29) is 6.54 Å². The Morgan fingerprint density at radius 3 is 2.83 bits per heavy atom. The molecule has 1 saturated carbocycles. The first-order valence-electron chi connectivity index (χ1n) is 9.66. The summed E-state index contributed by atoms with van der Waals surface area (Å²) in [4.78, 5) is 16.9. The van der Waals surface area contributed by atoms with Gasteiger partial charge in [0.15, 0.2) is 0 Å². The molecule has 1 amide bonds. The molecule has 3 N–H and O–H groups in total. The SMILES string of the molecule is CC(C)(O)C(F)CNC(=O)c1cnn2cc(-c3cccnc3)cc2c1NC1CC1. The molecule has 0 radical (unpaired) electrons. The van der Waals surface area contributed by atoms with Gasteiger partial charge in [0, 0.05) is 35.8 Å². The van der Waals surface area contributed by atoms with Gasteiger partial charge >= 0.3 is 0 Å². The second kappa shape index (κ2) is 7.44. The Bertz CT molecular complexity index is 1020. The maximum absolute atomic E-state index is 14.0. The molecule has 8 heteroatoms. The standard InChI is InChI=1S/C21H24FN5O2/c1-21(2,29)18(22)11-24-20(28)16-10-25-27-12-14(13-4-3-7-23-9-13)8-17(27)19(16)26-15-5-6-15/h3-4,7-10,12,15,18,26,29H,5-6,11H2,1-2H3,(H,24,28). The number of nitrogens with zero attached hydrogens (tertiary/aromatic N) is 3. The summed E-state index contributed by atoms with van der Waals surface area (Å²) in [6, 6.07) is 6.10. The van der Waals surface area contributed by atoms with Gasteiger partial charge in [0.25, 0.3) is 5.91 Å². The normalized spacial score (nSPS) is 15.3. The first-order chi connectivity index (χ1) is 13.8. The molecule has 1 aliphatic rings. The van der Waals surface area contributed by atoms with Crippen molar-refractivity contribution in [3.8, 4) is 11.1 Å². The number of fused-ring (bicyclic) bond motifs is 1. The van der Waals surface area contributed by atoms with E-state index in [0.29, 0.717) is 17.3 Å². The highest BCUT2D eigenvalue weighted by atomic mass is 19.1. The van der Waals surface area contributed by atoms with Gasteiger partial charge in [0.2, 0.25) is 0 Å². The maximum atomic E-state index is 14.0. The van der Waals surface area contributed by atoms with Gasteiger partial charge < -0.3 is 15.7 Å². The highest BCUT2D eigenvalue weighted by molar-refractivity contribution is 6.03. The molecule has 29 heavy (non-hydrogen) atoms. The van der Waals surface area contributed by atoms with Gasteiger partial charge in [-0.3, -0.25) is 9.78 Å². The summed E-state index contributed by atoms with van der Waals surface area (Å²) in [5.74, 6) is -0.431. The van der Waals surface area contributed by atoms with Crippen LogP contribution >= 0.6 is 0 Å². The second-order valence-corrected chi connectivity index (χ2v) is 7.98. The number of carbonyl (C=O) groups excluding carboxylic acids is 1. The largest absolute Gasteiger partial charge is 0.387 e. The number of hydrogen-bond acceptors (Lipinski definition) is 5. The van der Waals surface area contributed by atoms with Crippen molar-refractivity contribution in [2.45, 2.75) is 44.5 Å². The number of halogens is 1. The van der Waals surface area contributed by atoms with E-state index in [1.165, 1.54) is 20.0 Å². The van der Waals surface area contributed by atoms with Crippen molar-refractivity contribution < 1.29 is 14.3 Å². The summed E-state index contributed by atoms with van der Waals surface area (Å²) < 4.78 is 15.8. The number of amides is 1. The van der Waals surface area contributed by atoms with Crippen molar-refractivity contribution in [3.63, 3.8) is 0 Å². The van der Waals surface area contributed by atoms with E-state index in [1.54, 1.807) is 16.9 Å². The number of pyridine rings is 1. The smallest absolute Gasteiger partial charge is 0.255 e. The van der Waals surface area contributed by atoms with E-state index in [1.807, 2.05) is 24.4 Å². The average molecular weight is 397 g/mol. The number of alkyl halides is 1. The number of aromatic nitrogens is 3. The van der Waals surface area contributed by atoms with Crippen molar-refractivity contribution in [3.05, 3.63) is 48.5 Å². The molecule has 4 rings (SSSR count). The fourth-order valence-electron chi connectivity index (χ4n) is 3.03. The van der Waals surface area contributed by atoms with Crippen molar-refractivity contribution >= 4 is 17.1 Å². The van der Waals surface area contributed by atoms with Crippen LogP contribution in [0.4, 0.5) is 10.1 Å². The topological polar surface area (TPSA) is 91.5 Å². The van der Waals surface area contributed by atoms with E-state index in [2.05, 4.69) is 20.7 Å². The van der Waals surface area contributed by atoms with E-state index >= 15 is 0 Å². The molecule has 1 aliphatic carbocycles. The van der Waals surface area contributed by atoms with Crippen LogP contribution in [0, 0.1) is 0 Å². The molecule has 3 heterocycles. The second-order valence-electron chi connectivity index (χ2n) is 7.98. The van der Waals surface area contributed by atoms with Crippen molar-refractivity contribution in [2.24, 2.45) is 0 Å². The zero-order valence-corrected chi connectivity index (χ0v) is 16.4. The van der Waals surface area contributed by atoms with Crippen LogP contribution < -0.4 is 10.6 Å². The first kappa shape index (κ1) is 19.3. The summed E-state index contributed by atoms with van der Waals surface area (Å²) >= 11 is 0. The Labute approximate surface area is 168 Å². The Kier molecular flexibility index (Phi) is 4.96. The first-order valence-corrected chi connectivity index (χ1v) is 9.66. The van der Waals surface area contributed by atoms with E-state index in [9.17, 15) is 14.3 Å². The van der Waals surface area contributed by atoms with Gasteiger partial charge in [-0.2, -0.15) is 5.10 Å². The number of aliphatic hydroxyl groups is 1. The van der Waals surface area contributed by atoms with E-state index in [4.69, 9.17) is 0 Å². The minimum absolute atomic E-state index is 0.279. The molecule has 0 aromatic carbocycles. The number of anilines is 1. The molecule has 0 spiro atoms. The predicted molar refractivity (Wildman–Crippen MR) is 109 cm³/mol. The Balaban J connectivity index is 1.67. The molecular formula is C21H24FN5O2. The van der Waals surface area contributed by atoms with Crippen LogP contribution in [0.25, 0.3) is 16.6 Å². The van der Waals surface area contributed by atoms with E-state index in [0.717, 1.165) is 29.5 Å². The lowest BCUT2D eigenvalue weighted by Crippen LogP contribution is -2.42. The molecular weight excluding hydrogens is 373 g/mol. The van der Waals surface area contributed by atoms with Crippen LogP contribution in [0.3, 0.4) is 0 Å². The predicted octanol–water partition coefficient (Wildman–Crippen LogP) is 2.81. The lowest BCUT2D eigenvalue weighted by molar-refractivity contribution is -0.00177. The molecule has 0 bridgehead atoms. The van der Waals surface area contributed by atoms with Gasteiger partial charge in [-0.1, -0.05) is 6.07 Å². The highest BCUT2D eigenvalue weighted by Crippen LogP contribution is 2.32. The number of nitrogens with one attached hydrogen (secondary N) is 2. The molecule has 1 unspecified atom stereocenters. The molecule has 0 aliphatic heterocycles. The minimum Gasteiger partial charge on any atom is -0.387 e. The zero-order chi connectivity index (χ0) is 20.6. The number of hydrogen-bond donors (Lipinski definition) is 3. The fraction of sp³-hybridized carbons (Fsp3) is 0.381. The summed E-state index contributed by atoms with van der Waals surface area (Å²) in [5.41, 5.74) is 2.16. The zero-order valence-electron chi connectivity index (χ0n) is 16.4. The van der Waals surface area contributed by atoms with Crippen LogP contribution in [-0.4, -0.2) is 50.0 Å². The van der Waals surface area contributed by atoms with Gasteiger partial charge in [-0.05, 0) is 38.8 Å². The van der Waals surface area contributed by atoms with Crippen molar-refractivity contribution in [1.29, 1.82) is 0 Å². The lowest BCUT2D eigenvalue weighted by Gasteiger charge is -2.22. The van der Waals surface area contributed by atoms with Gasteiger partial charge in [0.05, 0.1) is 35.1 Å². The summed E-state index contributed by atoms with van der Waals surface area (Å²) in [6.45, 7) is 2.47. The van der Waals surface area contributed by atoms with Crippen LogP contribution in [-0.2, 0) is 0 Å².